The number of hydrogen-bond donors (Lipinski definition) is 1. The lowest BCUT2D eigenvalue weighted by Gasteiger charge is -2.05. The van der Waals surface area contributed by atoms with E-state index in [0.29, 0.717) is 17.9 Å². The van der Waals surface area contributed by atoms with Crippen molar-refractivity contribution in [1.29, 1.82) is 0 Å². The molecule has 0 aromatic carbocycles. The number of nitrogens with one attached hydrogen (secondary N) is 1. The zero-order valence-electron chi connectivity index (χ0n) is 9.90. The van der Waals surface area contributed by atoms with E-state index < -0.39 is 0 Å². The molecule has 0 radical (unpaired) electrons. The minimum Gasteiger partial charge on any atom is -0.422 e. The maximum absolute atomic E-state index is 5.67. The van der Waals surface area contributed by atoms with Crippen LogP contribution in [0.3, 0.4) is 0 Å². The van der Waals surface area contributed by atoms with Crippen LogP contribution in [0.1, 0.15) is 44.6 Å². The molecule has 5 heteroatoms. The van der Waals surface area contributed by atoms with Crippen LogP contribution in [0.4, 0.5) is 0 Å². The molecule has 1 aromatic heterocycles. The van der Waals surface area contributed by atoms with Gasteiger partial charge in [-0.2, -0.15) is 0 Å². The van der Waals surface area contributed by atoms with Gasteiger partial charge in [0.15, 0.2) is 0 Å². The molecule has 0 saturated carbocycles. The summed E-state index contributed by atoms with van der Waals surface area (Å²) in [5.41, 5.74) is 0. The topological polar surface area (TPSA) is 60.2 Å². The van der Waals surface area contributed by atoms with Gasteiger partial charge in [0.2, 0.25) is 11.8 Å². The Morgan fingerprint density at radius 1 is 1.38 bits per heavy atom. The van der Waals surface area contributed by atoms with Crippen LogP contribution in [0.2, 0.25) is 0 Å². The molecule has 0 bridgehead atoms. The number of ether oxygens (including phenoxy) is 1. The van der Waals surface area contributed by atoms with Crippen LogP contribution >= 0.6 is 0 Å². The lowest BCUT2D eigenvalue weighted by atomic mass is 10.2. The van der Waals surface area contributed by atoms with E-state index in [9.17, 15) is 0 Å². The average Bonchev–Trinajstić information content (AvgIpc) is 2.87. The summed E-state index contributed by atoms with van der Waals surface area (Å²) in [5.74, 6) is 1.33. The summed E-state index contributed by atoms with van der Waals surface area (Å²) in [5, 5.41) is 11.3. The summed E-state index contributed by atoms with van der Waals surface area (Å²) >= 11 is 0. The Morgan fingerprint density at radius 2 is 2.25 bits per heavy atom. The first-order valence-corrected chi connectivity index (χ1v) is 5.98. The highest BCUT2D eigenvalue weighted by atomic mass is 16.5. The van der Waals surface area contributed by atoms with Crippen molar-refractivity contribution < 1.29 is 9.15 Å². The fraction of sp³-hybridized carbons (Fsp3) is 0.818. The molecule has 1 saturated heterocycles. The predicted octanol–water partition coefficient (Wildman–Crippen LogP) is 1.46. The van der Waals surface area contributed by atoms with E-state index in [1.807, 2.05) is 0 Å². The molecule has 2 heterocycles. The number of hydrogen-bond acceptors (Lipinski definition) is 5. The summed E-state index contributed by atoms with van der Waals surface area (Å²) in [6.07, 6.45) is 3.15. The van der Waals surface area contributed by atoms with Crippen molar-refractivity contribution in [2.75, 3.05) is 13.1 Å². The van der Waals surface area contributed by atoms with Gasteiger partial charge in [-0.1, -0.05) is 6.92 Å². The monoisotopic (exact) mass is 225 g/mol. The van der Waals surface area contributed by atoms with E-state index in [0.717, 1.165) is 32.4 Å². The van der Waals surface area contributed by atoms with Crippen molar-refractivity contribution in [1.82, 2.24) is 15.5 Å². The van der Waals surface area contributed by atoms with Crippen LogP contribution in [-0.4, -0.2) is 29.4 Å². The maximum atomic E-state index is 5.67. The van der Waals surface area contributed by atoms with Crippen LogP contribution in [-0.2, 0) is 11.2 Å². The van der Waals surface area contributed by atoms with Crippen LogP contribution in [0, 0.1) is 0 Å². The first kappa shape index (κ1) is 11.5. The van der Waals surface area contributed by atoms with Crippen LogP contribution in [0.15, 0.2) is 4.42 Å². The van der Waals surface area contributed by atoms with Gasteiger partial charge < -0.3 is 14.5 Å². The molecule has 2 unspecified atom stereocenters. The molecule has 16 heavy (non-hydrogen) atoms. The van der Waals surface area contributed by atoms with Gasteiger partial charge in [-0.05, 0) is 26.3 Å². The molecule has 1 N–H and O–H groups in total. The molecule has 1 fully saturated rings. The third kappa shape index (κ3) is 2.80. The molecule has 0 aliphatic carbocycles. The highest BCUT2D eigenvalue weighted by Crippen LogP contribution is 2.31. The molecular weight excluding hydrogens is 206 g/mol. The van der Waals surface area contributed by atoms with E-state index in [4.69, 9.17) is 9.15 Å². The maximum Gasteiger partial charge on any atom is 0.245 e. The van der Waals surface area contributed by atoms with Gasteiger partial charge in [-0.3, -0.25) is 0 Å². The highest BCUT2D eigenvalue weighted by molar-refractivity contribution is 4.90. The Labute approximate surface area is 95.6 Å². The Bertz CT molecular complexity index is 327. The van der Waals surface area contributed by atoms with Gasteiger partial charge in [0.1, 0.15) is 6.10 Å². The Morgan fingerprint density at radius 3 is 2.94 bits per heavy atom. The van der Waals surface area contributed by atoms with Gasteiger partial charge in [0, 0.05) is 13.0 Å². The smallest absolute Gasteiger partial charge is 0.245 e. The highest BCUT2D eigenvalue weighted by Gasteiger charge is 2.27. The van der Waals surface area contributed by atoms with Gasteiger partial charge in [0.25, 0.3) is 0 Å². The molecule has 2 rings (SSSR count). The molecule has 0 amide bonds. The fourth-order valence-corrected chi connectivity index (χ4v) is 1.85. The normalized spacial score (nSPS) is 25.1. The molecule has 2 atom stereocenters. The van der Waals surface area contributed by atoms with E-state index in [1.54, 1.807) is 0 Å². The van der Waals surface area contributed by atoms with Gasteiger partial charge in [-0.15, -0.1) is 10.2 Å². The van der Waals surface area contributed by atoms with E-state index >= 15 is 0 Å². The summed E-state index contributed by atoms with van der Waals surface area (Å²) in [7, 11) is 0. The van der Waals surface area contributed by atoms with E-state index in [-0.39, 0.29) is 6.10 Å². The van der Waals surface area contributed by atoms with E-state index in [2.05, 4.69) is 29.4 Å². The Kier molecular flexibility index (Phi) is 3.90. The summed E-state index contributed by atoms with van der Waals surface area (Å²) in [4.78, 5) is 0. The number of aromatic nitrogens is 2. The third-order valence-corrected chi connectivity index (χ3v) is 2.76. The minimum absolute atomic E-state index is 0.00962. The molecule has 1 aliphatic rings. The standard InChI is InChI=1S/C11H19N3O2/c1-3-12-7-6-10-13-14-11(16-10)9-5-4-8(2)15-9/h8-9,12H,3-7H2,1-2H3. The van der Waals surface area contributed by atoms with Crippen LogP contribution in [0.5, 0.6) is 0 Å². The molecule has 90 valence electrons. The van der Waals surface area contributed by atoms with E-state index in [1.165, 1.54) is 0 Å². The predicted molar refractivity (Wildman–Crippen MR) is 59.1 cm³/mol. The second-order valence-electron chi connectivity index (χ2n) is 4.15. The lowest BCUT2D eigenvalue weighted by molar-refractivity contribution is 0.0384. The van der Waals surface area contributed by atoms with Gasteiger partial charge in [-0.25, -0.2) is 0 Å². The molecule has 5 nitrogen and oxygen atoms in total. The second kappa shape index (κ2) is 5.41. The van der Waals surface area contributed by atoms with Crippen LogP contribution in [0.25, 0.3) is 0 Å². The number of nitrogens with zero attached hydrogens (tertiary/aromatic N) is 2. The van der Waals surface area contributed by atoms with Crippen molar-refractivity contribution >= 4 is 0 Å². The van der Waals surface area contributed by atoms with Crippen LogP contribution < -0.4 is 5.32 Å². The van der Waals surface area contributed by atoms with Gasteiger partial charge >= 0.3 is 0 Å². The first-order valence-electron chi connectivity index (χ1n) is 5.98. The summed E-state index contributed by atoms with van der Waals surface area (Å²) in [6.45, 7) is 5.99. The van der Waals surface area contributed by atoms with Crippen molar-refractivity contribution in [2.24, 2.45) is 0 Å². The van der Waals surface area contributed by atoms with Crippen molar-refractivity contribution in [3.8, 4) is 0 Å². The second-order valence-corrected chi connectivity index (χ2v) is 4.15. The third-order valence-electron chi connectivity index (χ3n) is 2.76. The van der Waals surface area contributed by atoms with Gasteiger partial charge in [0.05, 0.1) is 6.10 Å². The summed E-state index contributed by atoms with van der Waals surface area (Å²) in [6, 6.07) is 0. The molecule has 1 aromatic rings. The Hall–Kier alpha value is -0.940. The zero-order valence-corrected chi connectivity index (χ0v) is 9.90. The van der Waals surface area contributed by atoms with Crippen molar-refractivity contribution in [3.63, 3.8) is 0 Å². The van der Waals surface area contributed by atoms with Crippen molar-refractivity contribution in [2.45, 2.75) is 45.3 Å². The molecule has 1 aliphatic heterocycles. The fourth-order valence-electron chi connectivity index (χ4n) is 1.85. The molecule has 0 spiro atoms. The lowest BCUT2D eigenvalue weighted by Crippen LogP contribution is -2.16. The SMILES string of the molecule is CCNCCc1nnc(C2CCC(C)O2)o1. The minimum atomic E-state index is 0.00962. The average molecular weight is 225 g/mol. The largest absolute Gasteiger partial charge is 0.422 e. The Balaban J connectivity index is 1.87. The quantitative estimate of drug-likeness (QED) is 0.769. The molecular formula is C11H19N3O2. The first-order chi connectivity index (χ1) is 7.79. The summed E-state index contributed by atoms with van der Waals surface area (Å²) < 4.78 is 11.2. The number of likely N-dealkylation sites (N-methyl/N-ethyl adjacent to an activating group) is 1. The zero-order chi connectivity index (χ0) is 11.4. The van der Waals surface area contributed by atoms with Crippen molar-refractivity contribution in [3.05, 3.63) is 11.8 Å². The number of rotatable bonds is 5.